The van der Waals surface area contributed by atoms with Gasteiger partial charge in [0, 0.05) is 12.3 Å². The number of rotatable bonds is 9. The van der Waals surface area contributed by atoms with E-state index in [1.807, 2.05) is 6.07 Å². The summed E-state index contributed by atoms with van der Waals surface area (Å²) in [6.45, 7) is 4.32. The average Bonchev–Trinajstić information content (AvgIpc) is 2.41. The van der Waals surface area contributed by atoms with Crippen LogP contribution in [-0.4, -0.2) is 5.78 Å². The molecule has 1 heteroatoms. The Morgan fingerprint density at radius 1 is 1.11 bits per heavy atom. The topological polar surface area (TPSA) is 17.1 Å². The van der Waals surface area contributed by atoms with Crippen molar-refractivity contribution in [2.24, 2.45) is 5.92 Å². The molecule has 1 aromatic carbocycles. The molecule has 100 valence electrons. The van der Waals surface area contributed by atoms with Gasteiger partial charge in [0.15, 0.2) is 0 Å². The van der Waals surface area contributed by atoms with E-state index in [0.717, 1.165) is 32.1 Å². The van der Waals surface area contributed by atoms with Gasteiger partial charge in [-0.25, -0.2) is 0 Å². The number of hydrogen-bond donors (Lipinski definition) is 0. The van der Waals surface area contributed by atoms with Crippen LogP contribution in [0, 0.1) is 5.92 Å². The van der Waals surface area contributed by atoms with Gasteiger partial charge in [0.05, 0.1) is 0 Å². The van der Waals surface area contributed by atoms with E-state index in [0.29, 0.717) is 11.7 Å². The molecule has 0 aromatic heterocycles. The quantitative estimate of drug-likeness (QED) is 0.612. The zero-order valence-corrected chi connectivity index (χ0v) is 11.8. The van der Waals surface area contributed by atoms with Crippen molar-refractivity contribution in [3.8, 4) is 0 Å². The summed E-state index contributed by atoms with van der Waals surface area (Å²) in [6, 6.07) is 10.4. The van der Waals surface area contributed by atoms with Gasteiger partial charge in [-0.1, -0.05) is 57.0 Å². The Morgan fingerprint density at radius 2 is 1.83 bits per heavy atom. The Bertz CT molecular complexity index is 329. The van der Waals surface area contributed by atoms with Gasteiger partial charge >= 0.3 is 0 Å². The molecule has 1 atom stereocenters. The number of aryl methyl sites for hydroxylation is 1. The van der Waals surface area contributed by atoms with Crippen LogP contribution in [0.5, 0.6) is 0 Å². The molecule has 0 aliphatic carbocycles. The van der Waals surface area contributed by atoms with Gasteiger partial charge in [-0.2, -0.15) is 0 Å². The summed E-state index contributed by atoms with van der Waals surface area (Å²) in [5.74, 6) is 0.780. The lowest BCUT2D eigenvalue weighted by Crippen LogP contribution is -2.13. The Balaban J connectivity index is 2.27. The molecule has 0 heterocycles. The van der Waals surface area contributed by atoms with E-state index in [-0.39, 0.29) is 0 Å². The fourth-order valence-corrected chi connectivity index (χ4v) is 2.36. The molecule has 0 amide bonds. The van der Waals surface area contributed by atoms with Crippen LogP contribution in [0.25, 0.3) is 0 Å². The Hall–Kier alpha value is -1.11. The molecule has 1 nitrogen and oxygen atoms in total. The normalized spacial score (nSPS) is 12.3. The van der Waals surface area contributed by atoms with Crippen molar-refractivity contribution in [2.45, 2.75) is 58.8 Å². The number of benzene rings is 1. The summed E-state index contributed by atoms with van der Waals surface area (Å²) in [7, 11) is 0. The first-order chi connectivity index (χ1) is 8.77. The predicted octanol–water partition coefficient (Wildman–Crippen LogP) is 4.79. The van der Waals surface area contributed by atoms with Gasteiger partial charge in [-0.3, -0.25) is 4.79 Å². The van der Waals surface area contributed by atoms with E-state index in [1.165, 1.54) is 18.4 Å². The van der Waals surface area contributed by atoms with Crippen LogP contribution in [0.4, 0.5) is 0 Å². The van der Waals surface area contributed by atoms with Crippen molar-refractivity contribution >= 4 is 5.78 Å². The molecule has 0 radical (unpaired) electrons. The molecule has 0 saturated carbocycles. The van der Waals surface area contributed by atoms with Crippen LogP contribution in [0.1, 0.15) is 57.9 Å². The van der Waals surface area contributed by atoms with Gasteiger partial charge in [0.25, 0.3) is 0 Å². The smallest absolute Gasteiger partial charge is 0.135 e. The minimum absolute atomic E-state index is 0.306. The molecule has 18 heavy (non-hydrogen) atoms. The van der Waals surface area contributed by atoms with Crippen molar-refractivity contribution in [3.05, 3.63) is 35.9 Å². The average molecular weight is 246 g/mol. The first-order valence-corrected chi connectivity index (χ1v) is 7.34. The Kier molecular flexibility index (Phi) is 7.40. The van der Waals surface area contributed by atoms with Gasteiger partial charge in [0.1, 0.15) is 5.78 Å². The number of unbranched alkanes of at least 4 members (excludes halogenated alkanes) is 1. The van der Waals surface area contributed by atoms with Crippen molar-refractivity contribution in [1.82, 2.24) is 0 Å². The lowest BCUT2D eigenvalue weighted by molar-refractivity contribution is -0.123. The highest BCUT2D eigenvalue weighted by atomic mass is 16.1. The summed E-state index contributed by atoms with van der Waals surface area (Å²) in [4.78, 5) is 12.1. The first kappa shape index (κ1) is 14.9. The van der Waals surface area contributed by atoms with Gasteiger partial charge < -0.3 is 0 Å². The number of ketones is 1. The molecule has 1 rings (SSSR count). The standard InChI is InChI=1S/C17H26O/c1-3-5-13-16(4-2)17(18)14-9-12-15-10-7-6-8-11-15/h6-8,10-11,16H,3-5,9,12-14H2,1-2H3. The third kappa shape index (κ3) is 5.48. The molecule has 0 fully saturated rings. The summed E-state index contributed by atoms with van der Waals surface area (Å²) in [5.41, 5.74) is 1.34. The van der Waals surface area contributed by atoms with Crippen molar-refractivity contribution < 1.29 is 4.79 Å². The minimum Gasteiger partial charge on any atom is -0.299 e. The van der Waals surface area contributed by atoms with E-state index in [2.05, 4.69) is 38.1 Å². The van der Waals surface area contributed by atoms with E-state index >= 15 is 0 Å². The molecule has 0 aliphatic heterocycles. The largest absolute Gasteiger partial charge is 0.299 e. The summed E-state index contributed by atoms with van der Waals surface area (Å²) in [6.07, 6.45) is 7.22. The maximum absolute atomic E-state index is 12.1. The molecule has 0 saturated heterocycles. The fourth-order valence-electron chi connectivity index (χ4n) is 2.36. The number of carbonyl (C=O) groups excluding carboxylic acids is 1. The predicted molar refractivity (Wildman–Crippen MR) is 77.7 cm³/mol. The Labute approximate surface area is 112 Å². The second-order valence-corrected chi connectivity index (χ2v) is 5.05. The maximum atomic E-state index is 12.1. The summed E-state index contributed by atoms with van der Waals surface area (Å²) < 4.78 is 0. The van der Waals surface area contributed by atoms with Crippen LogP contribution >= 0.6 is 0 Å². The fraction of sp³-hybridized carbons (Fsp3) is 0.588. The van der Waals surface area contributed by atoms with Gasteiger partial charge in [-0.05, 0) is 31.2 Å². The minimum atomic E-state index is 0.306. The van der Waals surface area contributed by atoms with Crippen LogP contribution in [0.2, 0.25) is 0 Å². The van der Waals surface area contributed by atoms with Gasteiger partial charge in [-0.15, -0.1) is 0 Å². The van der Waals surface area contributed by atoms with E-state index in [9.17, 15) is 4.79 Å². The zero-order valence-electron chi connectivity index (χ0n) is 11.8. The Morgan fingerprint density at radius 3 is 2.44 bits per heavy atom. The molecular formula is C17H26O. The molecule has 1 unspecified atom stereocenters. The highest BCUT2D eigenvalue weighted by Crippen LogP contribution is 2.17. The molecule has 0 bridgehead atoms. The highest BCUT2D eigenvalue weighted by molar-refractivity contribution is 5.80. The van der Waals surface area contributed by atoms with E-state index in [1.54, 1.807) is 0 Å². The zero-order chi connectivity index (χ0) is 13.2. The number of carbonyl (C=O) groups is 1. The lowest BCUT2D eigenvalue weighted by Gasteiger charge is -2.12. The third-order valence-corrected chi connectivity index (χ3v) is 3.59. The van der Waals surface area contributed by atoms with Crippen LogP contribution in [0.3, 0.4) is 0 Å². The van der Waals surface area contributed by atoms with E-state index in [4.69, 9.17) is 0 Å². The summed E-state index contributed by atoms with van der Waals surface area (Å²) in [5, 5.41) is 0. The van der Waals surface area contributed by atoms with Gasteiger partial charge in [0.2, 0.25) is 0 Å². The molecule has 0 spiro atoms. The monoisotopic (exact) mass is 246 g/mol. The molecule has 0 N–H and O–H groups in total. The number of Topliss-reactive ketones (excluding diaryl/α,β-unsaturated/α-hetero) is 1. The van der Waals surface area contributed by atoms with Crippen molar-refractivity contribution in [3.63, 3.8) is 0 Å². The van der Waals surface area contributed by atoms with E-state index < -0.39 is 0 Å². The molecule has 0 aliphatic rings. The molecular weight excluding hydrogens is 220 g/mol. The summed E-state index contributed by atoms with van der Waals surface area (Å²) >= 11 is 0. The second kappa shape index (κ2) is 8.91. The van der Waals surface area contributed by atoms with Crippen LogP contribution < -0.4 is 0 Å². The van der Waals surface area contributed by atoms with Crippen molar-refractivity contribution in [2.75, 3.05) is 0 Å². The SMILES string of the molecule is CCCCC(CC)C(=O)CCCc1ccccc1. The first-order valence-electron chi connectivity index (χ1n) is 7.34. The number of hydrogen-bond acceptors (Lipinski definition) is 1. The van der Waals surface area contributed by atoms with Crippen molar-refractivity contribution in [1.29, 1.82) is 0 Å². The van der Waals surface area contributed by atoms with Crippen LogP contribution in [0.15, 0.2) is 30.3 Å². The second-order valence-electron chi connectivity index (χ2n) is 5.05. The highest BCUT2D eigenvalue weighted by Gasteiger charge is 2.14. The lowest BCUT2D eigenvalue weighted by atomic mass is 9.91. The molecule has 1 aromatic rings. The third-order valence-electron chi connectivity index (χ3n) is 3.59. The maximum Gasteiger partial charge on any atom is 0.135 e. The van der Waals surface area contributed by atoms with Crippen LogP contribution in [-0.2, 0) is 11.2 Å².